The Morgan fingerprint density at radius 2 is 2.19 bits per heavy atom. The van der Waals surface area contributed by atoms with Crippen molar-refractivity contribution in [2.24, 2.45) is 5.92 Å². The lowest BCUT2D eigenvalue weighted by Crippen LogP contribution is -2.47. The lowest BCUT2D eigenvalue weighted by Gasteiger charge is -2.31. The van der Waals surface area contributed by atoms with Crippen LogP contribution in [0.1, 0.15) is 13.8 Å². The van der Waals surface area contributed by atoms with Crippen molar-refractivity contribution in [2.45, 2.75) is 13.8 Å². The quantitative estimate of drug-likeness (QED) is 0.382. The second-order valence-corrected chi connectivity index (χ2v) is 4.43. The summed E-state index contributed by atoms with van der Waals surface area (Å²) in [5.41, 5.74) is 0.549. The second kappa shape index (κ2) is 5.45. The topological polar surface area (TPSA) is 32.8 Å². The molecule has 16 heavy (non-hydrogen) atoms. The Labute approximate surface area is 103 Å². The molecule has 0 atom stereocenters. The minimum absolute atomic E-state index is 0.262. The van der Waals surface area contributed by atoms with Gasteiger partial charge in [-0.2, -0.15) is 0 Å². The summed E-state index contributed by atoms with van der Waals surface area (Å²) in [6, 6.07) is 0. The van der Waals surface area contributed by atoms with Crippen molar-refractivity contribution in [3.05, 3.63) is 11.6 Å². The van der Waals surface area contributed by atoms with Crippen LogP contribution in [0.4, 0.5) is 0 Å². The third-order valence-electron chi connectivity index (χ3n) is 2.10. The van der Waals surface area contributed by atoms with Crippen LogP contribution in [-0.2, 0) is 9.53 Å². The molecule has 1 amide bonds. The van der Waals surface area contributed by atoms with E-state index in [-0.39, 0.29) is 23.5 Å². The summed E-state index contributed by atoms with van der Waals surface area (Å²) in [5.74, 6) is -0.0353. The van der Waals surface area contributed by atoms with E-state index in [4.69, 9.17) is 24.9 Å². The lowest BCUT2D eigenvalue weighted by atomic mass is 10.1. The van der Waals surface area contributed by atoms with Gasteiger partial charge in [-0.15, -0.1) is 0 Å². The SMILES string of the molecule is [B]N1C(=O)/C(=C/C(C)C)COCN(C)C1=S. The Kier molecular flexibility index (Phi) is 4.50. The molecule has 1 rings (SSSR count). The van der Waals surface area contributed by atoms with Crippen LogP contribution in [0, 0.1) is 5.92 Å². The van der Waals surface area contributed by atoms with Crippen molar-refractivity contribution in [1.82, 2.24) is 9.71 Å². The highest BCUT2D eigenvalue weighted by Gasteiger charge is 2.23. The maximum absolute atomic E-state index is 11.9. The molecule has 0 aromatic rings. The Morgan fingerprint density at radius 3 is 2.75 bits per heavy atom. The third kappa shape index (κ3) is 3.06. The minimum atomic E-state index is -0.301. The molecule has 0 spiro atoms. The van der Waals surface area contributed by atoms with Crippen molar-refractivity contribution < 1.29 is 9.53 Å². The van der Waals surface area contributed by atoms with Crippen LogP contribution in [0.2, 0.25) is 0 Å². The Balaban J connectivity index is 2.92. The normalized spacial score (nSPS) is 21.6. The van der Waals surface area contributed by atoms with Crippen molar-refractivity contribution in [1.29, 1.82) is 0 Å². The number of allylic oxidation sites excluding steroid dienone is 1. The Hall–Kier alpha value is -0.875. The molecule has 0 aliphatic carbocycles. The number of ether oxygens (including phenoxy) is 1. The van der Waals surface area contributed by atoms with Crippen LogP contribution in [0.25, 0.3) is 0 Å². The zero-order chi connectivity index (χ0) is 12.3. The predicted octanol–water partition coefficient (Wildman–Crippen LogP) is 0.685. The molecule has 0 saturated carbocycles. The number of rotatable bonds is 1. The Morgan fingerprint density at radius 1 is 1.56 bits per heavy atom. The van der Waals surface area contributed by atoms with Gasteiger partial charge in [0.25, 0.3) is 0 Å². The molecule has 6 heteroatoms. The van der Waals surface area contributed by atoms with Gasteiger partial charge in [0.1, 0.15) is 6.73 Å². The molecule has 0 N–H and O–H groups in total. The molecule has 0 aromatic heterocycles. The fraction of sp³-hybridized carbons (Fsp3) is 0.600. The number of thiocarbonyl (C=S) groups is 1. The maximum atomic E-state index is 11.9. The number of hydrogen-bond acceptors (Lipinski definition) is 3. The van der Waals surface area contributed by atoms with Crippen molar-refractivity contribution >= 4 is 31.2 Å². The number of nitrogens with zero attached hydrogens (tertiary/aromatic N) is 2. The first-order valence-corrected chi connectivity index (χ1v) is 5.47. The molecule has 1 aliphatic heterocycles. The molecular formula is C10H15BN2O2S. The highest BCUT2D eigenvalue weighted by Crippen LogP contribution is 2.11. The summed E-state index contributed by atoms with van der Waals surface area (Å²) in [5, 5.41) is 0.263. The number of amides is 1. The van der Waals surface area contributed by atoms with E-state index < -0.39 is 0 Å². The first-order chi connectivity index (χ1) is 7.43. The smallest absolute Gasteiger partial charge is 0.244 e. The molecule has 0 unspecified atom stereocenters. The summed E-state index contributed by atoms with van der Waals surface area (Å²) < 4.78 is 5.36. The van der Waals surface area contributed by atoms with E-state index in [1.54, 1.807) is 11.9 Å². The van der Waals surface area contributed by atoms with Crippen LogP contribution in [0.5, 0.6) is 0 Å². The number of carbonyl (C=O) groups excluding carboxylic acids is 1. The largest absolute Gasteiger partial charge is 0.356 e. The maximum Gasteiger partial charge on any atom is 0.244 e. The lowest BCUT2D eigenvalue weighted by molar-refractivity contribution is -0.122. The van der Waals surface area contributed by atoms with Crippen LogP contribution >= 0.6 is 12.2 Å². The zero-order valence-electron chi connectivity index (χ0n) is 9.77. The molecule has 1 fully saturated rings. The average Bonchev–Trinajstić information content (AvgIpc) is 2.23. The van der Waals surface area contributed by atoms with Gasteiger partial charge >= 0.3 is 0 Å². The van der Waals surface area contributed by atoms with Gasteiger partial charge in [0, 0.05) is 12.6 Å². The summed E-state index contributed by atoms with van der Waals surface area (Å²) in [7, 11) is 7.38. The molecule has 1 aliphatic rings. The molecule has 1 saturated heterocycles. The number of carbonyl (C=O) groups is 1. The summed E-state index contributed by atoms with van der Waals surface area (Å²) in [4.78, 5) is 14.5. The number of hydrogen-bond donors (Lipinski definition) is 0. The molecule has 4 nitrogen and oxygen atoms in total. The first kappa shape index (κ1) is 13.2. The summed E-state index contributed by atoms with van der Waals surface area (Å²) in [6.45, 7) is 4.57. The van der Waals surface area contributed by atoms with Gasteiger partial charge < -0.3 is 14.4 Å². The fourth-order valence-electron chi connectivity index (χ4n) is 1.36. The van der Waals surface area contributed by atoms with E-state index in [0.29, 0.717) is 12.3 Å². The van der Waals surface area contributed by atoms with E-state index in [1.165, 1.54) is 0 Å². The van der Waals surface area contributed by atoms with Crippen molar-refractivity contribution in [3.63, 3.8) is 0 Å². The minimum Gasteiger partial charge on any atom is -0.356 e. The van der Waals surface area contributed by atoms with Crippen LogP contribution in [-0.4, -0.2) is 49.1 Å². The van der Waals surface area contributed by atoms with Gasteiger partial charge in [-0.05, 0) is 18.1 Å². The molecule has 86 valence electrons. The molecule has 2 radical (unpaired) electrons. The monoisotopic (exact) mass is 238 g/mol. The second-order valence-electron chi connectivity index (χ2n) is 4.07. The molecule has 1 heterocycles. The standard InChI is InChI=1S/C10H15BN2O2S/c1-7(2)4-8-5-15-6-12(3)10(16)13(11)9(8)14/h4,7H,5-6H2,1-3H3/b8-4+. The Bertz CT molecular complexity index is 331. The van der Waals surface area contributed by atoms with E-state index in [0.717, 1.165) is 4.81 Å². The third-order valence-corrected chi connectivity index (χ3v) is 2.61. The van der Waals surface area contributed by atoms with Gasteiger partial charge in [0.2, 0.25) is 13.9 Å². The van der Waals surface area contributed by atoms with E-state index in [1.807, 2.05) is 19.9 Å². The van der Waals surface area contributed by atoms with E-state index in [2.05, 4.69) is 0 Å². The highest BCUT2D eigenvalue weighted by molar-refractivity contribution is 7.80. The summed E-state index contributed by atoms with van der Waals surface area (Å²) in [6.07, 6.45) is 1.84. The molecule has 0 bridgehead atoms. The predicted molar refractivity (Wildman–Crippen MR) is 66.7 cm³/mol. The van der Waals surface area contributed by atoms with Crippen molar-refractivity contribution in [3.8, 4) is 0 Å². The van der Waals surface area contributed by atoms with E-state index >= 15 is 0 Å². The average molecular weight is 238 g/mol. The fourth-order valence-corrected chi connectivity index (χ4v) is 1.49. The van der Waals surface area contributed by atoms with Gasteiger partial charge in [0.05, 0.1) is 6.61 Å². The van der Waals surface area contributed by atoms with Gasteiger partial charge in [-0.3, -0.25) is 4.79 Å². The highest BCUT2D eigenvalue weighted by atomic mass is 32.1. The van der Waals surface area contributed by atoms with Crippen LogP contribution in [0.3, 0.4) is 0 Å². The molecule has 0 aromatic carbocycles. The van der Waals surface area contributed by atoms with Gasteiger partial charge in [0.15, 0.2) is 5.11 Å². The zero-order valence-corrected chi connectivity index (χ0v) is 10.6. The molecular weight excluding hydrogens is 223 g/mol. The van der Waals surface area contributed by atoms with Crippen LogP contribution in [0.15, 0.2) is 11.6 Å². The van der Waals surface area contributed by atoms with Gasteiger partial charge in [-0.25, -0.2) is 0 Å². The van der Waals surface area contributed by atoms with Crippen LogP contribution < -0.4 is 0 Å². The van der Waals surface area contributed by atoms with Gasteiger partial charge in [-0.1, -0.05) is 19.9 Å². The van der Waals surface area contributed by atoms with E-state index in [9.17, 15) is 4.79 Å². The van der Waals surface area contributed by atoms with Crippen molar-refractivity contribution in [2.75, 3.05) is 20.4 Å². The summed E-state index contributed by atoms with van der Waals surface area (Å²) >= 11 is 5.04. The first-order valence-electron chi connectivity index (χ1n) is 5.06.